The summed E-state index contributed by atoms with van der Waals surface area (Å²) >= 11 is 1.64. The summed E-state index contributed by atoms with van der Waals surface area (Å²) in [6.45, 7) is 3.94. The molecule has 26 heavy (non-hydrogen) atoms. The second kappa shape index (κ2) is 7.92. The molecule has 2 aromatic heterocycles. The molecule has 7 heteroatoms. The number of hydrogen-bond donors (Lipinski definition) is 2. The molecule has 0 radical (unpaired) electrons. The van der Waals surface area contributed by atoms with Gasteiger partial charge in [-0.15, -0.1) is 11.3 Å². The fraction of sp³-hybridized carbons (Fsp3) is 0.526. The second-order valence-corrected chi connectivity index (χ2v) is 8.02. The lowest BCUT2D eigenvalue weighted by Gasteiger charge is -2.37. The third kappa shape index (κ3) is 4.01. The van der Waals surface area contributed by atoms with Crippen molar-refractivity contribution in [3.63, 3.8) is 0 Å². The zero-order valence-electron chi connectivity index (χ0n) is 14.6. The summed E-state index contributed by atoms with van der Waals surface area (Å²) in [5, 5.41) is 14.8. The zero-order chi connectivity index (χ0) is 17.9. The summed E-state index contributed by atoms with van der Waals surface area (Å²) in [5.41, 5.74) is 0.551. The Labute approximate surface area is 156 Å². The van der Waals surface area contributed by atoms with E-state index >= 15 is 0 Å². The van der Waals surface area contributed by atoms with Crippen molar-refractivity contribution in [1.29, 1.82) is 0 Å². The molecule has 0 unspecified atom stereocenters. The van der Waals surface area contributed by atoms with Crippen molar-refractivity contribution in [1.82, 2.24) is 10.2 Å². The van der Waals surface area contributed by atoms with Crippen LogP contribution in [0.3, 0.4) is 0 Å². The summed E-state index contributed by atoms with van der Waals surface area (Å²) in [6.07, 6.45) is 2.76. The van der Waals surface area contributed by atoms with Gasteiger partial charge in [-0.2, -0.15) is 0 Å². The van der Waals surface area contributed by atoms with Crippen molar-refractivity contribution in [2.75, 3.05) is 26.3 Å². The number of morpholine rings is 1. The van der Waals surface area contributed by atoms with Crippen LogP contribution in [0, 0.1) is 5.92 Å². The van der Waals surface area contributed by atoms with Gasteiger partial charge in [0.15, 0.2) is 0 Å². The van der Waals surface area contributed by atoms with Crippen molar-refractivity contribution >= 4 is 17.2 Å². The third-order valence-electron chi connectivity index (χ3n) is 5.16. The summed E-state index contributed by atoms with van der Waals surface area (Å²) in [7, 11) is 0. The van der Waals surface area contributed by atoms with Crippen LogP contribution < -0.4 is 5.32 Å². The second-order valence-electron chi connectivity index (χ2n) is 7.04. The minimum absolute atomic E-state index is 0.0523. The van der Waals surface area contributed by atoms with Crippen molar-refractivity contribution < 1.29 is 19.1 Å². The minimum atomic E-state index is -0.242. The number of furan rings is 1. The van der Waals surface area contributed by atoms with E-state index in [0.29, 0.717) is 12.1 Å². The maximum Gasteiger partial charge on any atom is 0.255 e. The van der Waals surface area contributed by atoms with Crippen LogP contribution in [0.2, 0.25) is 0 Å². The predicted octanol–water partition coefficient (Wildman–Crippen LogP) is 2.42. The van der Waals surface area contributed by atoms with Crippen molar-refractivity contribution in [3.05, 3.63) is 46.0 Å². The highest BCUT2D eigenvalue weighted by atomic mass is 32.1. The Morgan fingerprint density at radius 1 is 1.38 bits per heavy atom. The molecular formula is C19H24N2O4S. The lowest BCUT2D eigenvalue weighted by Crippen LogP contribution is -2.41. The molecule has 0 spiro atoms. The molecule has 0 aromatic carbocycles. The molecule has 3 heterocycles. The molecule has 4 rings (SSSR count). The third-order valence-corrected chi connectivity index (χ3v) is 6.11. The number of nitrogens with one attached hydrogen (secondary N) is 1. The Hall–Kier alpha value is -1.67. The number of aliphatic hydroxyl groups is 1. The highest BCUT2D eigenvalue weighted by Gasteiger charge is 2.36. The van der Waals surface area contributed by atoms with E-state index in [1.807, 2.05) is 23.6 Å². The van der Waals surface area contributed by atoms with Crippen LogP contribution in [-0.4, -0.2) is 48.3 Å². The minimum Gasteiger partial charge on any atom is -0.467 e. The van der Waals surface area contributed by atoms with Gasteiger partial charge in [0.05, 0.1) is 37.5 Å². The number of carbonyl (C=O) groups excluding carboxylic acids is 1. The van der Waals surface area contributed by atoms with Gasteiger partial charge in [-0.1, -0.05) is 6.07 Å². The summed E-state index contributed by atoms with van der Waals surface area (Å²) in [4.78, 5) is 16.1. The van der Waals surface area contributed by atoms with Crippen LogP contribution in [0.1, 0.15) is 39.9 Å². The number of rotatable bonds is 6. The fourth-order valence-corrected chi connectivity index (χ4v) is 4.45. The molecule has 140 valence electrons. The van der Waals surface area contributed by atoms with Crippen molar-refractivity contribution in [2.24, 2.45) is 5.92 Å². The number of hydrogen-bond acceptors (Lipinski definition) is 6. The SMILES string of the molecule is O=C(N[C@H](c1cccs1)C1CC(O)C1)c1coc(CN2CCOCC2)c1. The van der Waals surface area contributed by atoms with Crippen molar-refractivity contribution in [3.8, 4) is 0 Å². The van der Waals surface area contributed by atoms with E-state index in [1.165, 1.54) is 6.26 Å². The quantitative estimate of drug-likeness (QED) is 0.810. The molecule has 2 N–H and O–H groups in total. The van der Waals surface area contributed by atoms with E-state index in [2.05, 4.69) is 10.2 Å². The van der Waals surface area contributed by atoms with Gasteiger partial charge < -0.3 is 19.6 Å². The Balaban J connectivity index is 1.40. The Morgan fingerprint density at radius 2 is 2.19 bits per heavy atom. The molecule has 2 aliphatic rings. The summed E-state index contributed by atoms with van der Waals surface area (Å²) in [6, 6.07) is 5.81. The maximum absolute atomic E-state index is 12.7. The highest BCUT2D eigenvalue weighted by Crippen LogP contribution is 2.39. The average molecular weight is 376 g/mol. The molecule has 1 amide bonds. The number of aliphatic hydroxyl groups excluding tert-OH is 1. The van der Waals surface area contributed by atoms with Crippen LogP contribution in [0.5, 0.6) is 0 Å². The topological polar surface area (TPSA) is 74.9 Å². The first-order valence-electron chi connectivity index (χ1n) is 9.09. The number of nitrogens with zero attached hydrogens (tertiary/aromatic N) is 1. The van der Waals surface area contributed by atoms with Gasteiger partial charge >= 0.3 is 0 Å². The molecule has 2 aromatic rings. The van der Waals surface area contributed by atoms with Gasteiger partial charge in [-0.05, 0) is 36.3 Å². The molecule has 2 fully saturated rings. The first-order valence-corrected chi connectivity index (χ1v) is 9.97. The van der Waals surface area contributed by atoms with Crippen LogP contribution >= 0.6 is 11.3 Å². The monoisotopic (exact) mass is 376 g/mol. The normalized spacial score (nSPS) is 24.8. The Morgan fingerprint density at radius 3 is 2.88 bits per heavy atom. The lowest BCUT2D eigenvalue weighted by molar-refractivity contribution is 0.0241. The number of carbonyl (C=O) groups is 1. The first kappa shape index (κ1) is 17.7. The van der Waals surface area contributed by atoms with E-state index in [4.69, 9.17) is 9.15 Å². The molecule has 1 saturated carbocycles. The molecule has 1 atom stereocenters. The van der Waals surface area contributed by atoms with E-state index in [9.17, 15) is 9.90 Å². The zero-order valence-corrected chi connectivity index (χ0v) is 15.4. The van der Waals surface area contributed by atoms with E-state index in [0.717, 1.165) is 49.8 Å². The standard InChI is InChI=1S/C19H24N2O4S/c22-15-8-13(9-15)18(17-2-1-7-26-17)20-19(23)14-10-16(25-12-14)11-21-3-5-24-6-4-21/h1-2,7,10,12-13,15,18,22H,3-6,8-9,11H2,(H,20,23)/t13?,15?,18-/m0/s1. The number of thiophene rings is 1. The number of amides is 1. The largest absolute Gasteiger partial charge is 0.467 e. The first-order chi connectivity index (χ1) is 12.7. The molecule has 1 aliphatic carbocycles. The van der Waals surface area contributed by atoms with Crippen molar-refractivity contribution in [2.45, 2.75) is 31.5 Å². The van der Waals surface area contributed by atoms with Gasteiger partial charge in [0, 0.05) is 18.0 Å². The van der Waals surface area contributed by atoms with Crippen LogP contribution in [0.25, 0.3) is 0 Å². The van der Waals surface area contributed by atoms with Gasteiger partial charge in [-0.3, -0.25) is 9.69 Å². The molecule has 1 saturated heterocycles. The molecule has 0 bridgehead atoms. The van der Waals surface area contributed by atoms with Crippen LogP contribution in [0.4, 0.5) is 0 Å². The van der Waals surface area contributed by atoms with Crippen LogP contribution in [0.15, 0.2) is 34.3 Å². The van der Waals surface area contributed by atoms with Gasteiger partial charge in [0.1, 0.15) is 12.0 Å². The Bertz CT molecular complexity index is 718. The van der Waals surface area contributed by atoms with E-state index < -0.39 is 0 Å². The molecular weight excluding hydrogens is 352 g/mol. The predicted molar refractivity (Wildman–Crippen MR) is 98.1 cm³/mol. The van der Waals surface area contributed by atoms with Gasteiger partial charge in [-0.25, -0.2) is 0 Å². The average Bonchev–Trinajstić information content (AvgIpc) is 3.30. The Kier molecular flexibility index (Phi) is 5.40. The molecule has 6 nitrogen and oxygen atoms in total. The van der Waals surface area contributed by atoms with E-state index in [-0.39, 0.29) is 24.0 Å². The lowest BCUT2D eigenvalue weighted by atomic mass is 9.76. The smallest absolute Gasteiger partial charge is 0.255 e. The van der Waals surface area contributed by atoms with E-state index in [1.54, 1.807) is 11.3 Å². The highest BCUT2D eigenvalue weighted by molar-refractivity contribution is 7.10. The fourth-order valence-electron chi connectivity index (χ4n) is 3.58. The summed E-state index contributed by atoms with van der Waals surface area (Å²) in [5.74, 6) is 0.956. The van der Waals surface area contributed by atoms with Gasteiger partial charge in [0.2, 0.25) is 0 Å². The summed E-state index contributed by atoms with van der Waals surface area (Å²) < 4.78 is 11.0. The maximum atomic E-state index is 12.7. The van der Waals surface area contributed by atoms with Gasteiger partial charge in [0.25, 0.3) is 5.91 Å². The molecule has 1 aliphatic heterocycles. The number of ether oxygens (including phenoxy) is 1. The van der Waals surface area contributed by atoms with Crippen LogP contribution in [-0.2, 0) is 11.3 Å².